The van der Waals surface area contributed by atoms with Crippen LogP contribution in [0.4, 0.5) is 0 Å². The van der Waals surface area contributed by atoms with Gasteiger partial charge in [0, 0.05) is 5.02 Å². The van der Waals surface area contributed by atoms with E-state index in [4.69, 9.17) is 25.8 Å². The molecule has 1 aliphatic heterocycles. The molecule has 0 spiro atoms. The highest BCUT2D eigenvalue weighted by Gasteiger charge is 2.32. The molecule has 1 saturated heterocycles. The molecule has 0 N–H and O–H groups in total. The van der Waals surface area contributed by atoms with Gasteiger partial charge in [-0.2, -0.15) is 0 Å². The molecule has 1 unspecified atom stereocenters. The smallest absolute Gasteiger partial charge is 0.337 e. The average molecular weight is 285 g/mol. The van der Waals surface area contributed by atoms with Gasteiger partial charge in [0.05, 0.1) is 19.8 Å². The second-order valence-corrected chi connectivity index (χ2v) is 4.79. The summed E-state index contributed by atoms with van der Waals surface area (Å²) in [5.74, 6) is 0.583. The monoisotopic (exact) mass is 284 g/mol. The molecule has 5 heteroatoms. The summed E-state index contributed by atoms with van der Waals surface area (Å²) in [4.78, 5) is 11.1. The highest BCUT2D eigenvalue weighted by atomic mass is 35.5. The van der Waals surface area contributed by atoms with E-state index in [9.17, 15) is 4.79 Å². The van der Waals surface area contributed by atoms with Gasteiger partial charge in [-0.1, -0.05) is 11.6 Å². The van der Waals surface area contributed by atoms with Crippen molar-refractivity contribution in [2.45, 2.75) is 25.4 Å². The molecule has 0 aliphatic carbocycles. The second kappa shape index (κ2) is 7.36. The minimum atomic E-state index is -0.298. The molecule has 1 aliphatic rings. The standard InChI is InChI=1S/C14H17ClO4/c15-11-4-6-12(7-5-11)17-8-2-1-3-9-18-14(16)13-10-19-13/h4-7,13H,1-3,8-10H2. The van der Waals surface area contributed by atoms with Crippen molar-refractivity contribution in [3.05, 3.63) is 29.3 Å². The first kappa shape index (κ1) is 14.2. The fourth-order valence-corrected chi connectivity index (χ4v) is 1.68. The van der Waals surface area contributed by atoms with Gasteiger partial charge in [-0.15, -0.1) is 0 Å². The van der Waals surface area contributed by atoms with E-state index in [2.05, 4.69) is 0 Å². The van der Waals surface area contributed by atoms with Crippen molar-refractivity contribution in [2.24, 2.45) is 0 Å². The summed E-state index contributed by atoms with van der Waals surface area (Å²) in [5.41, 5.74) is 0. The van der Waals surface area contributed by atoms with E-state index >= 15 is 0 Å². The van der Waals surface area contributed by atoms with Crippen LogP contribution in [0.2, 0.25) is 5.02 Å². The summed E-state index contributed by atoms with van der Waals surface area (Å²) >= 11 is 5.78. The van der Waals surface area contributed by atoms with Gasteiger partial charge in [-0.3, -0.25) is 0 Å². The van der Waals surface area contributed by atoms with Crippen LogP contribution in [-0.2, 0) is 14.3 Å². The summed E-state index contributed by atoms with van der Waals surface area (Å²) in [7, 11) is 0. The first-order chi connectivity index (χ1) is 9.25. The Morgan fingerprint density at radius 3 is 2.58 bits per heavy atom. The predicted molar refractivity (Wildman–Crippen MR) is 71.5 cm³/mol. The lowest BCUT2D eigenvalue weighted by atomic mass is 10.2. The number of hydrogen-bond acceptors (Lipinski definition) is 4. The number of carbonyl (C=O) groups is 1. The lowest BCUT2D eigenvalue weighted by Gasteiger charge is -2.06. The largest absolute Gasteiger partial charge is 0.494 e. The predicted octanol–water partition coefficient (Wildman–Crippen LogP) is 2.83. The van der Waals surface area contributed by atoms with Crippen LogP contribution < -0.4 is 4.74 Å². The van der Waals surface area contributed by atoms with Crippen LogP contribution in [0.15, 0.2) is 24.3 Å². The first-order valence-corrected chi connectivity index (χ1v) is 6.80. The topological polar surface area (TPSA) is 48.1 Å². The van der Waals surface area contributed by atoms with Gasteiger partial charge >= 0.3 is 5.97 Å². The maximum Gasteiger partial charge on any atom is 0.337 e. The fraction of sp³-hybridized carbons (Fsp3) is 0.500. The summed E-state index contributed by atoms with van der Waals surface area (Å²) in [6.07, 6.45) is 2.45. The number of hydrogen-bond donors (Lipinski definition) is 0. The lowest BCUT2D eigenvalue weighted by molar-refractivity contribution is -0.145. The molecule has 0 saturated carbocycles. The molecule has 104 valence electrons. The Hall–Kier alpha value is -1.26. The van der Waals surface area contributed by atoms with Gasteiger partial charge in [0.2, 0.25) is 0 Å². The van der Waals surface area contributed by atoms with Crippen molar-refractivity contribution in [3.8, 4) is 5.75 Å². The van der Waals surface area contributed by atoms with E-state index in [-0.39, 0.29) is 12.1 Å². The Kier molecular flexibility index (Phi) is 5.48. The number of ether oxygens (including phenoxy) is 3. The summed E-state index contributed by atoms with van der Waals surface area (Å²) in [6, 6.07) is 7.30. The number of benzene rings is 1. The molecule has 2 rings (SSSR count). The number of esters is 1. The Morgan fingerprint density at radius 1 is 1.21 bits per heavy atom. The molecule has 0 amide bonds. The number of epoxide rings is 1. The zero-order valence-electron chi connectivity index (χ0n) is 10.6. The molecular weight excluding hydrogens is 268 g/mol. The van der Waals surface area contributed by atoms with E-state index in [1.807, 2.05) is 12.1 Å². The number of halogens is 1. The molecule has 1 aromatic rings. The zero-order valence-corrected chi connectivity index (χ0v) is 11.4. The number of rotatable bonds is 8. The minimum Gasteiger partial charge on any atom is -0.494 e. The zero-order chi connectivity index (χ0) is 13.5. The summed E-state index contributed by atoms with van der Waals surface area (Å²) < 4.78 is 15.4. The molecule has 19 heavy (non-hydrogen) atoms. The molecule has 1 fully saturated rings. The Labute approximate surface area is 117 Å². The fourth-order valence-electron chi connectivity index (χ4n) is 1.55. The van der Waals surface area contributed by atoms with Gasteiger partial charge < -0.3 is 14.2 Å². The quantitative estimate of drug-likeness (QED) is 0.418. The van der Waals surface area contributed by atoms with E-state index in [0.29, 0.717) is 24.8 Å². The maximum atomic E-state index is 11.1. The van der Waals surface area contributed by atoms with Crippen molar-refractivity contribution in [3.63, 3.8) is 0 Å². The Bertz CT molecular complexity index is 400. The normalized spacial score (nSPS) is 17.0. The Morgan fingerprint density at radius 2 is 1.89 bits per heavy atom. The molecule has 4 nitrogen and oxygen atoms in total. The van der Waals surface area contributed by atoms with Crippen LogP contribution in [0.3, 0.4) is 0 Å². The Balaban J connectivity index is 1.45. The van der Waals surface area contributed by atoms with Crippen LogP contribution in [0.5, 0.6) is 5.75 Å². The third-order valence-corrected chi connectivity index (χ3v) is 2.96. The van der Waals surface area contributed by atoms with E-state index < -0.39 is 0 Å². The van der Waals surface area contributed by atoms with Crippen molar-refractivity contribution < 1.29 is 19.0 Å². The van der Waals surface area contributed by atoms with Gasteiger partial charge in [0.15, 0.2) is 6.10 Å². The van der Waals surface area contributed by atoms with Crippen molar-refractivity contribution in [1.29, 1.82) is 0 Å². The molecule has 1 atom stereocenters. The van der Waals surface area contributed by atoms with Gasteiger partial charge in [-0.05, 0) is 43.5 Å². The number of unbranched alkanes of at least 4 members (excludes halogenated alkanes) is 2. The van der Waals surface area contributed by atoms with E-state index in [0.717, 1.165) is 25.0 Å². The van der Waals surface area contributed by atoms with Crippen molar-refractivity contribution in [2.75, 3.05) is 19.8 Å². The molecule has 1 aromatic carbocycles. The van der Waals surface area contributed by atoms with Gasteiger partial charge in [0.1, 0.15) is 5.75 Å². The number of carbonyl (C=O) groups excluding carboxylic acids is 1. The molecule has 0 radical (unpaired) electrons. The molecular formula is C14H17ClO4. The van der Waals surface area contributed by atoms with Crippen LogP contribution in [-0.4, -0.2) is 31.9 Å². The van der Waals surface area contributed by atoms with Crippen LogP contribution in [0.25, 0.3) is 0 Å². The average Bonchev–Trinajstić information content (AvgIpc) is 3.24. The van der Waals surface area contributed by atoms with Crippen LogP contribution in [0, 0.1) is 0 Å². The molecule has 1 heterocycles. The SMILES string of the molecule is O=C(OCCCCCOc1ccc(Cl)cc1)C1CO1. The highest BCUT2D eigenvalue weighted by Crippen LogP contribution is 2.16. The first-order valence-electron chi connectivity index (χ1n) is 6.42. The van der Waals surface area contributed by atoms with Crippen molar-refractivity contribution in [1.82, 2.24) is 0 Å². The van der Waals surface area contributed by atoms with Gasteiger partial charge in [0.25, 0.3) is 0 Å². The third-order valence-electron chi connectivity index (χ3n) is 2.71. The highest BCUT2D eigenvalue weighted by molar-refractivity contribution is 6.30. The summed E-state index contributed by atoms with van der Waals surface area (Å²) in [6.45, 7) is 1.62. The van der Waals surface area contributed by atoms with Crippen LogP contribution >= 0.6 is 11.6 Å². The minimum absolute atomic E-state index is 0.239. The van der Waals surface area contributed by atoms with E-state index in [1.165, 1.54) is 0 Å². The third kappa shape index (κ3) is 5.49. The maximum absolute atomic E-state index is 11.1. The lowest BCUT2D eigenvalue weighted by Crippen LogP contribution is -2.12. The second-order valence-electron chi connectivity index (χ2n) is 4.35. The van der Waals surface area contributed by atoms with Crippen LogP contribution in [0.1, 0.15) is 19.3 Å². The molecule has 0 aromatic heterocycles. The van der Waals surface area contributed by atoms with Gasteiger partial charge in [-0.25, -0.2) is 4.79 Å². The summed E-state index contributed by atoms with van der Waals surface area (Å²) in [5, 5.41) is 0.703. The van der Waals surface area contributed by atoms with Crippen molar-refractivity contribution >= 4 is 17.6 Å². The molecule has 0 bridgehead atoms. The van der Waals surface area contributed by atoms with E-state index in [1.54, 1.807) is 12.1 Å².